The van der Waals surface area contributed by atoms with Gasteiger partial charge in [-0.1, -0.05) is 30.3 Å². The number of amides is 1. The number of Topliss-reactive ketones (excluding diaryl/α,β-unsaturated/α-hetero) is 1. The summed E-state index contributed by atoms with van der Waals surface area (Å²) in [5.41, 5.74) is 2.77. The number of carbonyl (C=O) groups excluding carboxylic acids is 2. The number of ketones is 1. The lowest BCUT2D eigenvalue weighted by Crippen LogP contribution is -2.41. The van der Waals surface area contributed by atoms with Crippen LogP contribution < -0.4 is 10.0 Å². The second kappa shape index (κ2) is 8.13. The predicted octanol–water partition coefficient (Wildman–Crippen LogP) is 3.85. The van der Waals surface area contributed by atoms with E-state index >= 15 is 0 Å². The highest BCUT2D eigenvalue weighted by Gasteiger charge is 2.43. The predicted molar refractivity (Wildman–Crippen MR) is 122 cm³/mol. The molecule has 1 amide bonds. The van der Waals surface area contributed by atoms with Gasteiger partial charge in [-0.05, 0) is 54.3 Å². The Morgan fingerprint density at radius 3 is 2.24 bits per heavy atom. The Labute approximate surface area is 191 Å². The summed E-state index contributed by atoms with van der Waals surface area (Å²) in [6.45, 7) is 0. The topological polar surface area (TPSA) is 111 Å². The highest BCUT2D eigenvalue weighted by molar-refractivity contribution is 7.89. The zero-order valence-electron chi connectivity index (χ0n) is 17.7. The van der Waals surface area contributed by atoms with E-state index in [1.165, 1.54) is 12.1 Å². The normalized spacial score (nSPS) is 21.3. The summed E-state index contributed by atoms with van der Waals surface area (Å²) in [5, 5.41) is 5.22. The fourth-order valence-corrected chi connectivity index (χ4v) is 5.33. The molecule has 168 valence electrons. The molecule has 7 nitrogen and oxygen atoms in total. The number of hydrogen-bond acceptors (Lipinski definition) is 5. The van der Waals surface area contributed by atoms with Crippen molar-refractivity contribution in [3.63, 3.8) is 0 Å². The summed E-state index contributed by atoms with van der Waals surface area (Å²) >= 11 is 0. The Kier molecular flexibility index (Phi) is 5.26. The van der Waals surface area contributed by atoms with Gasteiger partial charge in [-0.3, -0.25) is 14.5 Å². The van der Waals surface area contributed by atoms with Gasteiger partial charge in [0.2, 0.25) is 15.9 Å². The smallest absolute Gasteiger partial charge is 0.238 e. The van der Waals surface area contributed by atoms with Crippen molar-refractivity contribution in [2.45, 2.75) is 36.0 Å². The lowest BCUT2D eigenvalue weighted by atomic mass is 9.74. The van der Waals surface area contributed by atoms with E-state index in [-0.39, 0.29) is 28.9 Å². The van der Waals surface area contributed by atoms with E-state index in [1.54, 1.807) is 35.4 Å². The van der Waals surface area contributed by atoms with E-state index in [9.17, 15) is 18.0 Å². The molecule has 1 aromatic heterocycles. The van der Waals surface area contributed by atoms with Crippen LogP contribution in [0.25, 0.3) is 0 Å². The summed E-state index contributed by atoms with van der Waals surface area (Å²) in [6, 6.07) is 19.1. The lowest BCUT2D eigenvalue weighted by Gasteiger charge is -2.40. The molecule has 0 saturated heterocycles. The third-order valence-electron chi connectivity index (χ3n) is 6.31. The summed E-state index contributed by atoms with van der Waals surface area (Å²) in [4.78, 5) is 28.3. The summed E-state index contributed by atoms with van der Waals surface area (Å²) in [5.74, 6) is -0.102. The molecule has 3 aromatic rings. The van der Waals surface area contributed by atoms with E-state index in [2.05, 4.69) is 0 Å². The summed E-state index contributed by atoms with van der Waals surface area (Å²) in [6.07, 6.45) is 2.49. The van der Waals surface area contributed by atoms with E-state index in [0.717, 1.165) is 5.56 Å². The van der Waals surface area contributed by atoms with Crippen molar-refractivity contribution in [3.05, 3.63) is 95.6 Å². The molecule has 0 bridgehead atoms. The van der Waals surface area contributed by atoms with Crippen LogP contribution >= 0.6 is 0 Å². The molecule has 33 heavy (non-hydrogen) atoms. The van der Waals surface area contributed by atoms with Crippen LogP contribution in [0.1, 0.15) is 42.4 Å². The van der Waals surface area contributed by atoms with Crippen LogP contribution in [0.4, 0.5) is 5.69 Å². The molecule has 2 unspecified atom stereocenters. The van der Waals surface area contributed by atoms with Crippen molar-refractivity contribution in [2.24, 2.45) is 5.14 Å². The Bertz CT molecular complexity index is 1340. The van der Waals surface area contributed by atoms with Crippen LogP contribution in [-0.2, 0) is 19.6 Å². The van der Waals surface area contributed by atoms with Crippen LogP contribution in [0.15, 0.2) is 93.6 Å². The van der Waals surface area contributed by atoms with Gasteiger partial charge in [0.15, 0.2) is 5.78 Å². The average molecular weight is 463 g/mol. The number of nitrogens with zero attached hydrogens (tertiary/aromatic N) is 1. The molecule has 2 aromatic carbocycles. The minimum absolute atomic E-state index is 0.00911. The van der Waals surface area contributed by atoms with Crippen molar-refractivity contribution >= 4 is 27.4 Å². The number of nitrogens with two attached hydrogens (primary N) is 1. The first-order valence-electron chi connectivity index (χ1n) is 10.6. The molecular formula is C25H22N2O5S. The molecule has 8 heteroatoms. The van der Waals surface area contributed by atoms with E-state index < -0.39 is 15.9 Å². The molecule has 1 aliphatic carbocycles. The minimum Gasteiger partial charge on any atom is -0.469 e. The van der Waals surface area contributed by atoms with Crippen molar-refractivity contribution in [1.29, 1.82) is 0 Å². The molecule has 2 atom stereocenters. The van der Waals surface area contributed by atoms with E-state index in [4.69, 9.17) is 9.56 Å². The second-order valence-corrected chi connectivity index (χ2v) is 9.90. The summed E-state index contributed by atoms with van der Waals surface area (Å²) in [7, 11) is -3.86. The van der Waals surface area contributed by atoms with Gasteiger partial charge in [0.1, 0.15) is 5.76 Å². The van der Waals surface area contributed by atoms with Gasteiger partial charge in [0.05, 0.1) is 17.1 Å². The minimum atomic E-state index is -3.86. The van der Waals surface area contributed by atoms with Gasteiger partial charge in [-0.2, -0.15) is 0 Å². The first kappa shape index (κ1) is 21.4. The maximum atomic E-state index is 13.5. The van der Waals surface area contributed by atoms with Gasteiger partial charge >= 0.3 is 0 Å². The largest absolute Gasteiger partial charge is 0.469 e. The van der Waals surface area contributed by atoms with Crippen LogP contribution in [0.3, 0.4) is 0 Å². The van der Waals surface area contributed by atoms with Gasteiger partial charge in [0, 0.05) is 29.8 Å². The van der Waals surface area contributed by atoms with Crippen molar-refractivity contribution in [3.8, 4) is 0 Å². The quantitative estimate of drug-likeness (QED) is 0.633. The molecule has 5 rings (SSSR count). The fourth-order valence-electron chi connectivity index (χ4n) is 4.81. The Hall–Kier alpha value is -3.49. The number of benzene rings is 2. The molecule has 2 N–H and O–H groups in total. The first-order valence-corrected chi connectivity index (χ1v) is 12.2. The lowest BCUT2D eigenvalue weighted by molar-refractivity contribution is -0.120. The fraction of sp³-hybridized carbons (Fsp3) is 0.200. The van der Waals surface area contributed by atoms with E-state index in [0.29, 0.717) is 35.6 Å². The number of furan rings is 1. The Morgan fingerprint density at radius 1 is 0.879 bits per heavy atom. The summed E-state index contributed by atoms with van der Waals surface area (Å²) < 4.78 is 28.9. The maximum absolute atomic E-state index is 13.5. The van der Waals surface area contributed by atoms with Gasteiger partial charge in [-0.15, -0.1) is 0 Å². The number of allylic oxidation sites excluding steroid dienone is 2. The maximum Gasteiger partial charge on any atom is 0.238 e. The molecular weight excluding hydrogens is 440 g/mol. The number of sulfonamides is 1. The molecule has 2 heterocycles. The highest BCUT2D eigenvalue weighted by Crippen LogP contribution is 2.47. The van der Waals surface area contributed by atoms with Crippen LogP contribution in [0.5, 0.6) is 0 Å². The molecule has 1 aliphatic heterocycles. The molecule has 2 aliphatic rings. The van der Waals surface area contributed by atoms with Gasteiger partial charge in [0.25, 0.3) is 0 Å². The Morgan fingerprint density at radius 2 is 1.61 bits per heavy atom. The highest BCUT2D eigenvalue weighted by atomic mass is 32.2. The zero-order valence-corrected chi connectivity index (χ0v) is 18.5. The number of primary sulfonamides is 1. The van der Waals surface area contributed by atoms with Crippen LogP contribution in [0, 0.1) is 0 Å². The van der Waals surface area contributed by atoms with Crippen LogP contribution in [-0.4, -0.2) is 20.1 Å². The Balaban J connectivity index is 1.63. The zero-order chi connectivity index (χ0) is 23.2. The molecule has 0 fully saturated rings. The van der Waals surface area contributed by atoms with Crippen molar-refractivity contribution in [1.82, 2.24) is 0 Å². The van der Waals surface area contributed by atoms with Crippen molar-refractivity contribution in [2.75, 3.05) is 4.90 Å². The van der Waals surface area contributed by atoms with Gasteiger partial charge in [-0.25, -0.2) is 13.6 Å². The van der Waals surface area contributed by atoms with E-state index in [1.807, 2.05) is 30.3 Å². The monoisotopic (exact) mass is 462 g/mol. The number of anilines is 1. The van der Waals surface area contributed by atoms with Gasteiger partial charge < -0.3 is 4.42 Å². The third kappa shape index (κ3) is 3.92. The molecule has 0 spiro atoms. The SMILES string of the molecule is NS(=O)(=O)c1ccc(N2C(=O)CC(c3ccco3)C3=C2CC(c2ccccc2)CC3=O)cc1. The van der Waals surface area contributed by atoms with Crippen molar-refractivity contribution < 1.29 is 22.4 Å². The number of carbonyl (C=O) groups is 2. The average Bonchev–Trinajstić information content (AvgIpc) is 3.33. The van der Waals surface area contributed by atoms with Crippen LogP contribution in [0.2, 0.25) is 0 Å². The third-order valence-corrected chi connectivity index (χ3v) is 7.24. The standard InChI is InChI=1S/C25H22N2O5S/c26-33(30,31)19-10-8-18(9-11-19)27-21-13-17(16-5-2-1-3-6-16)14-22(28)25(21)20(15-24(27)29)23-7-4-12-32-23/h1-12,17,20H,13-15H2,(H2,26,30,31). The molecule has 0 radical (unpaired) electrons. The number of rotatable bonds is 4. The first-order chi connectivity index (χ1) is 15.8. The molecule has 0 saturated carbocycles. The second-order valence-electron chi connectivity index (χ2n) is 8.34. The number of hydrogen-bond donors (Lipinski definition) is 1.